The van der Waals surface area contributed by atoms with Crippen molar-refractivity contribution in [3.05, 3.63) is 65.2 Å². The van der Waals surface area contributed by atoms with Gasteiger partial charge in [0.15, 0.2) is 5.78 Å². The van der Waals surface area contributed by atoms with E-state index in [0.717, 1.165) is 18.7 Å². The number of hydrogen-bond acceptors (Lipinski definition) is 4. The van der Waals surface area contributed by atoms with Crippen molar-refractivity contribution in [2.75, 3.05) is 31.1 Å². The fourth-order valence-electron chi connectivity index (χ4n) is 3.23. The summed E-state index contributed by atoms with van der Waals surface area (Å²) in [6, 6.07) is 16.7. The maximum absolute atomic E-state index is 12.7. The lowest BCUT2D eigenvalue weighted by molar-refractivity contribution is 0.0767. The van der Waals surface area contributed by atoms with E-state index in [1.165, 1.54) is 6.92 Å². The number of carbonyl (C=O) groups is 2. The number of nitriles is 1. The van der Waals surface area contributed by atoms with Crippen LogP contribution in [0, 0.1) is 11.3 Å². The molecule has 0 radical (unpaired) electrons. The highest BCUT2D eigenvalue weighted by molar-refractivity contribution is 5.95. The summed E-state index contributed by atoms with van der Waals surface area (Å²) in [6.45, 7) is 4.17. The third-order valence-electron chi connectivity index (χ3n) is 4.67. The molecule has 1 fully saturated rings. The molecule has 0 spiro atoms. The SMILES string of the molecule is CC(=O)c1ccc(C#N)c(N2CCCN(C(=O)c3ccccc3)CC2)c1. The first-order chi connectivity index (χ1) is 12.6. The number of anilines is 1. The number of Topliss-reactive ketones (excluding diaryl/α,β-unsaturated/α-hetero) is 1. The first-order valence-corrected chi connectivity index (χ1v) is 8.74. The zero-order valence-corrected chi connectivity index (χ0v) is 14.8. The van der Waals surface area contributed by atoms with Crippen LogP contribution in [0.2, 0.25) is 0 Å². The molecule has 5 nitrogen and oxygen atoms in total. The lowest BCUT2D eigenvalue weighted by Gasteiger charge is -2.25. The molecule has 0 saturated carbocycles. The molecule has 1 aliphatic heterocycles. The average Bonchev–Trinajstić information content (AvgIpc) is 2.93. The molecule has 2 aromatic rings. The Morgan fingerprint density at radius 1 is 0.962 bits per heavy atom. The van der Waals surface area contributed by atoms with Crippen LogP contribution in [0.4, 0.5) is 5.69 Å². The summed E-state index contributed by atoms with van der Waals surface area (Å²) in [5.41, 5.74) is 2.62. The van der Waals surface area contributed by atoms with E-state index < -0.39 is 0 Å². The summed E-state index contributed by atoms with van der Waals surface area (Å²) in [5.74, 6) is 0.0110. The second kappa shape index (κ2) is 7.83. The van der Waals surface area contributed by atoms with Gasteiger partial charge in [0.2, 0.25) is 0 Å². The Morgan fingerprint density at radius 2 is 1.73 bits per heavy atom. The van der Waals surface area contributed by atoms with E-state index in [1.807, 2.05) is 35.2 Å². The first-order valence-electron chi connectivity index (χ1n) is 8.74. The molecular formula is C21H21N3O2. The summed E-state index contributed by atoms with van der Waals surface area (Å²) in [7, 11) is 0. The number of rotatable bonds is 3. The van der Waals surface area contributed by atoms with Gasteiger partial charge in [0.05, 0.1) is 11.3 Å². The van der Waals surface area contributed by atoms with Crippen molar-refractivity contribution in [2.45, 2.75) is 13.3 Å². The number of hydrogen-bond donors (Lipinski definition) is 0. The van der Waals surface area contributed by atoms with Crippen LogP contribution in [0.25, 0.3) is 0 Å². The minimum absolute atomic E-state index is 0.0218. The second-order valence-electron chi connectivity index (χ2n) is 6.40. The van der Waals surface area contributed by atoms with E-state index in [4.69, 9.17) is 0 Å². The molecule has 2 aromatic carbocycles. The molecule has 0 aliphatic carbocycles. The topological polar surface area (TPSA) is 64.4 Å². The van der Waals surface area contributed by atoms with Crippen molar-refractivity contribution < 1.29 is 9.59 Å². The first kappa shape index (κ1) is 17.7. The second-order valence-corrected chi connectivity index (χ2v) is 6.40. The van der Waals surface area contributed by atoms with Crippen molar-refractivity contribution in [1.29, 1.82) is 5.26 Å². The van der Waals surface area contributed by atoms with Gasteiger partial charge in [0.1, 0.15) is 6.07 Å². The predicted octanol–water partition coefficient (Wildman–Crippen LogP) is 3.11. The smallest absolute Gasteiger partial charge is 0.253 e. The minimum Gasteiger partial charge on any atom is -0.369 e. The van der Waals surface area contributed by atoms with Gasteiger partial charge in [-0.05, 0) is 43.7 Å². The molecule has 0 unspecified atom stereocenters. The van der Waals surface area contributed by atoms with Gasteiger partial charge in [-0.3, -0.25) is 9.59 Å². The lowest BCUT2D eigenvalue weighted by atomic mass is 10.1. The fourth-order valence-corrected chi connectivity index (χ4v) is 3.23. The van der Waals surface area contributed by atoms with E-state index in [9.17, 15) is 14.9 Å². The van der Waals surface area contributed by atoms with Gasteiger partial charge in [0.25, 0.3) is 5.91 Å². The Hall–Kier alpha value is -3.13. The Labute approximate surface area is 153 Å². The highest BCUT2D eigenvalue weighted by Gasteiger charge is 2.22. The monoisotopic (exact) mass is 347 g/mol. The predicted molar refractivity (Wildman–Crippen MR) is 100 cm³/mol. The molecule has 1 saturated heterocycles. The van der Waals surface area contributed by atoms with Gasteiger partial charge in [-0.25, -0.2) is 0 Å². The van der Waals surface area contributed by atoms with Crippen LogP contribution < -0.4 is 4.90 Å². The summed E-state index contributed by atoms with van der Waals surface area (Å²) in [4.78, 5) is 28.3. The van der Waals surface area contributed by atoms with Crippen LogP contribution in [0.1, 0.15) is 39.6 Å². The molecule has 1 heterocycles. The van der Waals surface area contributed by atoms with Gasteiger partial charge >= 0.3 is 0 Å². The van der Waals surface area contributed by atoms with Crippen LogP contribution in [0.3, 0.4) is 0 Å². The Morgan fingerprint density at radius 3 is 2.42 bits per heavy atom. The Bertz CT molecular complexity index is 855. The van der Waals surface area contributed by atoms with Crippen LogP contribution in [0.5, 0.6) is 0 Å². The van der Waals surface area contributed by atoms with E-state index in [1.54, 1.807) is 18.2 Å². The van der Waals surface area contributed by atoms with Crippen LogP contribution in [0.15, 0.2) is 48.5 Å². The van der Waals surface area contributed by atoms with Crippen LogP contribution in [-0.4, -0.2) is 42.8 Å². The average molecular weight is 347 g/mol. The molecule has 1 amide bonds. The van der Waals surface area contributed by atoms with E-state index >= 15 is 0 Å². The zero-order valence-electron chi connectivity index (χ0n) is 14.8. The maximum atomic E-state index is 12.7. The summed E-state index contributed by atoms with van der Waals surface area (Å²) in [6.07, 6.45) is 0.813. The third-order valence-corrected chi connectivity index (χ3v) is 4.67. The normalized spacial score (nSPS) is 14.5. The number of carbonyl (C=O) groups excluding carboxylic acids is 2. The molecule has 0 atom stereocenters. The van der Waals surface area contributed by atoms with Crippen molar-refractivity contribution >= 4 is 17.4 Å². The van der Waals surface area contributed by atoms with Crippen molar-refractivity contribution in [1.82, 2.24) is 4.90 Å². The van der Waals surface area contributed by atoms with Crippen molar-refractivity contribution in [2.24, 2.45) is 0 Å². The fraction of sp³-hybridized carbons (Fsp3) is 0.286. The standard InChI is InChI=1S/C21H21N3O2/c1-16(25)18-8-9-19(15-22)20(14-18)23-10-5-11-24(13-12-23)21(26)17-6-3-2-4-7-17/h2-4,6-9,14H,5,10-13H2,1H3. The van der Waals surface area contributed by atoms with Gasteiger partial charge in [-0.2, -0.15) is 5.26 Å². The van der Waals surface area contributed by atoms with Gasteiger partial charge in [-0.1, -0.05) is 18.2 Å². The number of ketones is 1. The minimum atomic E-state index is -0.0218. The lowest BCUT2D eigenvalue weighted by Crippen LogP contribution is -2.35. The molecule has 1 aliphatic rings. The highest BCUT2D eigenvalue weighted by Crippen LogP contribution is 2.24. The highest BCUT2D eigenvalue weighted by atomic mass is 16.2. The molecule has 5 heteroatoms. The molecule has 132 valence electrons. The molecule has 3 rings (SSSR count). The molecule has 0 bridgehead atoms. The molecule has 0 aromatic heterocycles. The van der Waals surface area contributed by atoms with Gasteiger partial charge < -0.3 is 9.80 Å². The summed E-state index contributed by atoms with van der Waals surface area (Å²) >= 11 is 0. The molecule has 0 N–H and O–H groups in total. The summed E-state index contributed by atoms with van der Waals surface area (Å²) < 4.78 is 0. The van der Waals surface area contributed by atoms with Crippen LogP contribution in [-0.2, 0) is 0 Å². The molecular weight excluding hydrogens is 326 g/mol. The zero-order chi connectivity index (χ0) is 18.5. The van der Waals surface area contributed by atoms with Crippen molar-refractivity contribution in [3.8, 4) is 6.07 Å². The largest absolute Gasteiger partial charge is 0.369 e. The maximum Gasteiger partial charge on any atom is 0.253 e. The van der Waals surface area contributed by atoms with Gasteiger partial charge in [0, 0.05) is 37.3 Å². The molecule has 26 heavy (non-hydrogen) atoms. The van der Waals surface area contributed by atoms with Crippen LogP contribution >= 0.6 is 0 Å². The number of nitrogens with zero attached hydrogens (tertiary/aromatic N) is 3. The van der Waals surface area contributed by atoms with E-state index in [2.05, 4.69) is 11.0 Å². The number of amides is 1. The van der Waals surface area contributed by atoms with Crippen molar-refractivity contribution in [3.63, 3.8) is 0 Å². The van der Waals surface area contributed by atoms with E-state index in [0.29, 0.717) is 36.3 Å². The Kier molecular flexibility index (Phi) is 5.33. The Balaban J connectivity index is 1.79. The number of benzene rings is 2. The van der Waals surface area contributed by atoms with Gasteiger partial charge in [-0.15, -0.1) is 0 Å². The van der Waals surface area contributed by atoms with E-state index in [-0.39, 0.29) is 11.7 Å². The quantitative estimate of drug-likeness (QED) is 0.800. The summed E-state index contributed by atoms with van der Waals surface area (Å²) in [5, 5.41) is 9.41. The third kappa shape index (κ3) is 3.75.